The topological polar surface area (TPSA) is 41.6 Å². The van der Waals surface area contributed by atoms with Gasteiger partial charge in [-0.25, -0.2) is 4.98 Å². The summed E-state index contributed by atoms with van der Waals surface area (Å²) in [5.74, 6) is 2.55. The highest BCUT2D eigenvalue weighted by Crippen LogP contribution is 2.27. The van der Waals surface area contributed by atoms with E-state index in [1.165, 1.54) is 0 Å². The van der Waals surface area contributed by atoms with Crippen LogP contribution in [0, 0.1) is 11.3 Å². The van der Waals surface area contributed by atoms with Crippen molar-refractivity contribution in [3.05, 3.63) is 11.6 Å². The summed E-state index contributed by atoms with van der Waals surface area (Å²) in [6, 6.07) is 0. The van der Waals surface area contributed by atoms with Crippen molar-refractivity contribution in [1.82, 2.24) is 15.2 Å². The van der Waals surface area contributed by atoms with Gasteiger partial charge >= 0.3 is 0 Å². The van der Waals surface area contributed by atoms with Gasteiger partial charge in [-0.3, -0.25) is 5.10 Å². The average Bonchev–Trinajstić information content (AvgIpc) is 2.50. The quantitative estimate of drug-likeness (QED) is 0.805. The smallest absolute Gasteiger partial charge is 0.150 e. The van der Waals surface area contributed by atoms with E-state index >= 15 is 0 Å². The summed E-state index contributed by atoms with van der Waals surface area (Å²) in [6.45, 7) is 11.1. The van der Waals surface area contributed by atoms with Crippen LogP contribution in [0.25, 0.3) is 0 Å². The number of H-pyrrole nitrogens is 1. The van der Waals surface area contributed by atoms with Crippen LogP contribution in [-0.2, 0) is 12.8 Å². The fraction of sp³-hybridized carbons (Fsp3) is 0.818. The van der Waals surface area contributed by atoms with Crippen molar-refractivity contribution in [1.29, 1.82) is 0 Å². The first-order valence-electron chi connectivity index (χ1n) is 5.33. The van der Waals surface area contributed by atoms with E-state index in [0.29, 0.717) is 11.3 Å². The maximum Gasteiger partial charge on any atom is 0.150 e. The Kier molecular flexibility index (Phi) is 3.29. The number of nitrogens with zero attached hydrogens (tertiary/aromatic N) is 2. The zero-order valence-electron chi connectivity index (χ0n) is 9.89. The van der Waals surface area contributed by atoms with Gasteiger partial charge in [-0.1, -0.05) is 34.6 Å². The molecule has 1 N–H and O–H groups in total. The van der Waals surface area contributed by atoms with Gasteiger partial charge in [0.25, 0.3) is 0 Å². The van der Waals surface area contributed by atoms with Crippen LogP contribution in [0.2, 0.25) is 0 Å². The van der Waals surface area contributed by atoms with E-state index in [-0.39, 0.29) is 0 Å². The maximum absolute atomic E-state index is 4.42. The first-order valence-corrected chi connectivity index (χ1v) is 5.33. The average molecular weight is 195 g/mol. The minimum atomic E-state index is 0.333. The van der Waals surface area contributed by atoms with E-state index in [9.17, 15) is 0 Å². The predicted molar refractivity (Wildman–Crippen MR) is 58.1 cm³/mol. The molecule has 1 atom stereocenters. The number of rotatable bonds is 3. The summed E-state index contributed by atoms with van der Waals surface area (Å²) >= 11 is 0. The van der Waals surface area contributed by atoms with Crippen LogP contribution in [-0.4, -0.2) is 15.2 Å². The van der Waals surface area contributed by atoms with Crippen LogP contribution in [0.15, 0.2) is 0 Å². The van der Waals surface area contributed by atoms with Gasteiger partial charge in [-0.15, -0.1) is 0 Å². The Bertz CT molecular complexity index is 283. The van der Waals surface area contributed by atoms with Gasteiger partial charge in [0.15, 0.2) is 0 Å². The predicted octanol–water partition coefficient (Wildman–Crippen LogP) is 2.59. The van der Waals surface area contributed by atoms with Crippen molar-refractivity contribution in [2.75, 3.05) is 0 Å². The molecule has 3 heteroatoms. The first-order chi connectivity index (χ1) is 6.43. The van der Waals surface area contributed by atoms with Gasteiger partial charge in [0, 0.05) is 12.8 Å². The Morgan fingerprint density at radius 1 is 1.36 bits per heavy atom. The molecule has 1 heterocycles. The van der Waals surface area contributed by atoms with Gasteiger partial charge in [-0.05, 0) is 11.3 Å². The molecule has 0 saturated heterocycles. The number of nitrogens with one attached hydrogen (secondary N) is 1. The van der Waals surface area contributed by atoms with Crippen LogP contribution in [0.1, 0.15) is 46.3 Å². The summed E-state index contributed by atoms with van der Waals surface area (Å²) < 4.78 is 0. The van der Waals surface area contributed by atoms with Crippen LogP contribution in [0.5, 0.6) is 0 Å². The second-order valence-electron chi connectivity index (χ2n) is 5.02. The molecule has 1 unspecified atom stereocenters. The van der Waals surface area contributed by atoms with Crippen molar-refractivity contribution in [3.63, 3.8) is 0 Å². The molecule has 0 spiro atoms. The zero-order chi connectivity index (χ0) is 10.8. The van der Waals surface area contributed by atoms with Gasteiger partial charge in [0.1, 0.15) is 11.6 Å². The van der Waals surface area contributed by atoms with E-state index in [2.05, 4.69) is 49.8 Å². The normalized spacial score (nSPS) is 14.4. The number of aromatic amines is 1. The standard InChI is InChI=1S/C11H21N3/c1-6-9-12-10(14-13-9)7-8(2)11(3,4)5/h8H,6-7H2,1-5H3,(H,12,13,14). The molecule has 0 aliphatic rings. The van der Waals surface area contributed by atoms with Gasteiger partial charge in [0.05, 0.1) is 0 Å². The summed E-state index contributed by atoms with van der Waals surface area (Å²) in [6.07, 6.45) is 1.89. The zero-order valence-corrected chi connectivity index (χ0v) is 9.89. The second-order valence-corrected chi connectivity index (χ2v) is 5.02. The van der Waals surface area contributed by atoms with Crippen molar-refractivity contribution in [3.8, 4) is 0 Å². The maximum atomic E-state index is 4.42. The Morgan fingerprint density at radius 2 is 2.00 bits per heavy atom. The van der Waals surface area contributed by atoms with Gasteiger partial charge < -0.3 is 0 Å². The SMILES string of the molecule is CCc1n[nH]c(CC(C)C(C)(C)C)n1. The largest absolute Gasteiger partial charge is 0.263 e. The number of hydrogen-bond acceptors (Lipinski definition) is 2. The first kappa shape index (κ1) is 11.2. The molecular weight excluding hydrogens is 174 g/mol. The van der Waals surface area contributed by atoms with Crippen molar-refractivity contribution in [2.45, 2.75) is 47.5 Å². The molecule has 1 rings (SSSR count). The number of aryl methyl sites for hydroxylation is 1. The van der Waals surface area contributed by atoms with E-state index in [4.69, 9.17) is 0 Å². The van der Waals surface area contributed by atoms with Gasteiger partial charge in [0.2, 0.25) is 0 Å². The molecule has 3 nitrogen and oxygen atoms in total. The monoisotopic (exact) mass is 195 g/mol. The summed E-state index contributed by atoms with van der Waals surface area (Å²) in [5, 5.41) is 7.13. The molecule has 0 fully saturated rings. The molecule has 0 aromatic carbocycles. The van der Waals surface area contributed by atoms with Crippen molar-refractivity contribution >= 4 is 0 Å². The van der Waals surface area contributed by atoms with Crippen molar-refractivity contribution in [2.24, 2.45) is 11.3 Å². The highest BCUT2D eigenvalue weighted by atomic mass is 15.2. The molecule has 0 aliphatic heterocycles. The van der Waals surface area contributed by atoms with Crippen LogP contribution in [0.3, 0.4) is 0 Å². The van der Waals surface area contributed by atoms with Crippen LogP contribution < -0.4 is 0 Å². The molecule has 0 bridgehead atoms. The molecule has 0 amide bonds. The van der Waals surface area contributed by atoms with E-state index in [0.717, 1.165) is 24.5 Å². The van der Waals surface area contributed by atoms with E-state index < -0.39 is 0 Å². The number of hydrogen-bond donors (Lipinski definition) is 1. The minimum Gasteiger partial charge on any atom is -0.263 e. The summed E-state index contributed by atoms with van der Waals surface area (Å²) in [7, 11) is 0. The van der Waals surface area contributed by atoms with E-state index in [1.54, 1.807) is 0 Å². The lowest BCUT2D eigenvalue weighted by Gasteiger charge is -2.26. The lowest BCUT2D eigenvalue weighted by molar-refractivity contribution is 0.257. The molecule has 80 valence electrons. The highest BCUT2D eigenvalue weighted by Gasteiger charge is 2.21. The Labute approximate surface area is 86.3 Å². The third-order valence-electron chi connectivity index (χ3n) is 2.87. The Hall–Kier alpha value is -0.860. The number of aromatic nitrogens is 3. The molecule has 1 aromatic heterocycles. The minimum absolute atomic E-state index is 0.333. The lowest BCUT2D eigenvalue weighted by Crippen LogP contribution is -2.19. The Morgan fingerprint density at radius 3 is 2.43 bits per heavy atom. The molecule has 0 aliphatic carbocycles. The molecule has 14 heavy (non-hydrogen) atoms. The third kappa shape index (κ3) is 2.82. The molecule has 1 aromatic rings. The third-order valence-corrected chi connectivity index (χ3v) is 2.87. The Balaban J connectivity index is 2.60. The summed E-state index contributed by atoms with van der Waals surface area (Å²) in [5.41, 5.74) is 0.333. The second kappa shape index (κ2) is 4.11. The molecule has 0 saturated carbocycles. The molecular formula is C11H21N3. The molecule has 0 radical (unpaired) electrons. The van der Waals surface area contributed by atoms with Gasteiger partial charge in [-0.2, -0.15) is 5.10 Å². The highest BCUT2D eigenvalue weighted by molar-refractivity contribution is 4.92. The lowest BCUT2D eigenvalue weighted by atomic mass is 9.80. The van der Waals surface area contributed by atoms with Crippen LogP contribution in [0.4, 0.5) is 0 Å². The van der Waals surface area contributed by atoms with Crippen LogP contribution >= 0.6 is 0 Å². The fourth-order valence-electron chi connectivity index (χ4n) is 1.18. The summed E-state index contributed by atoms with van der Waals surface area (Å²) in [4.78, 5) is 4.42. The van der Waals surface area contributed by atoms with E-state index in [1.807, 2.05) is 0 Å². The fourth-order valence-corrected chi connectivity index (χ4v) is 1.18. The van der Waals surface area contributed by atoms with Crippen molar-refractivity contribution < 1.29 is 0 Å².